The molecule has 13 heteroatoms. The minimum atomic E-state index is -1.06. The summed E-state index contributed by atoms with van der Waals surface area (Å²) in [5, 5.41) is 38.3. The van der Waals surface area contributed by atoms with Gasteiger partial charge < -0.3 is 29.9 Å². The molecule has 2 aliphatic heterocycles. The number of rotatable bonds is 9. The van der Waals surface area contributed by atoms with Crippen LogP contribution in [0, 0.1) is 27.2 Å². The van der Waals surface area contributed by atoms with Crippen molar-refractivity contribution in [1.82, 2.24) is 15.3 Å². The van der Waals surface area contributed by atoms with Gasteiger partial charge in [-0.2, -0.15) is 9.97 Å². The van der Waals surface area contributed by atoms with E-state index in [2.05, 4.69) is 15.3 Å². The monoisotopic (exact) mass is 663 g/mol. The highest BCUT2D eigenvalue weighted by atomic mass is 19.1. The maximum atomic E-state index is 17.1. The van der Waals surface area contributed by atoms with Crippen LogP contribution in [-0.2, 0) is 11.2 Å². The van der Waals surface area contributed by atoms with Crippen molar-refractivity contribution in [3.63, 3.8) is 0 Å². The van der Waals surface area contributed by atoms with Crippen molar-refractivity contribution in [3.8, 4) is 22.9 Å². The number of nitrogens with one attached hydrogen (secondary N) is 1. The van der Waals surface area contributed by atoms with Gasteiger partial charge in [-0.05, 0) is 80.0 Å². The van der Waals surface area contributed by atoms with Crippen molar-refractivity contribution in [3.05, 3.63) is 57.6 Å². The number of halogens is 2. The summed E-state index contributed by atoms with van der Waals surface area (Å²) in [6.45, 7) is 6.59. The van der Waals surface area contributed by atoms with Crippen LogP contribution in [-0.4, -0.2) is 76.2 Å². The maximum Gasteiger partial charge on any atom is 0.319 e. The third-order valence-electron chi connectivity index (χ3n) is 9.95. The van der Waals surface area contributed by atoms with E-state index in [9.17, 15) is 20.3 Å². The number of nitrogens with zero attached hydrogens (tertiary/aromatic N) is 4. The molecular formula is C35H39F2N5O6. The summed E-state index contributed by atoms with van der Waals surface area (Å²) in [7, 11) is 0. The smallest absolute Gasteiger partial charge is 0.319 e. The summed E-state index contributed by atoms with van der Waals surface area (Å²) >= 11 is 0. The highest BCUT2D eigenvalue weighted by Gasteiger charge is 2.46. The van der Waals surface area contributed by atoms with Crippen molar-refractivity contribution in [2.45, 2.75) is 64.1 Å². The zero-order chi connectivity index (χ0) is 33.8. The zero-order valence-corrected chi connectivity index (χ0v) is 27.0. The highest BCUT2D eigenvalue weighted by Crippen LogP contribution is 2.50. The molecule has 0 bridgehead atoms. The van der Waals surface area contributed by atoms with Gasteiger partial charge >= 0.3 is 6.01 Å². The molecule has 254 valence electrons. The first kappa shape index (κ1) is 32.4. The molecule has 1 saturated carbocycles. The Morgan fingerprint density at radius 2 is 2.02 bits per heavy atom. The van der Waals surface area contributed by atoms with Crippen molar-refractivity contribution in [1.29, 1.82) is 0 Å². The Morgan fingerprint density at radius 1 is 1.21 bits per heavy atom. The second kappa shape index (κ2) is 12.4. The van der Waals surface area contributed by atoms with Crippen molar-refractivity contribution in [2.24, 2.45) is 5.41 Å². The lowest BCUT2D eigenvalue weighted by molar-refractivity contribution is -0.384. The van der Waals surface area contributed by atoms with Gasteiger partial charge in [0.15, 0.2) is 5.82 Å². The van der Waals surface area contributed by atoms with Gasteiger partial charge in [0, 0.05) is 43.2 Å². The van der Waals surface area contributed by atoms with E-state index in [0.717, 1.165) is 32.4 Å². The van der Waals surface area contributed by atoms with Crippen LogP contribution in [0.1, 0.15) is 51.5 Å². The fraction of sp³-hybridized carbons (Fsp3) is 0.486. The summed E-state index contributed by atoms with van der Waals surface area (Å²) in [5.74, 6) is -1.59. The predicted octanol–water partition coefficient (Wildman–Crippen LogP) is 5.79. The van der Waals surface area contributed by atoms with E-state index < -0.39 is 33.4 Å². The van der Waals surface area contributed by atoms with Crippen LogP contribution in [0.15, 0.2) is 30.3 Å². The van der Waals surface area contributed by atoms with E-state index in [1.54, 1.807) is 18.7 Å². The first-order valence-electron chi connectivity index (χ1n) is 16.5. The molecule has 2 atom stereocenters. The molecule has 0 radical (unpaired) electrons. The minimum absolute atomic E-state index is 0.0194. The predicted molar refractivity (Wildman–Crippen MR) is 177 cm³/mol. The van der Waals surface area contributed by atoms with Gasteiger partial charge in [0.05, 0.1) is 40.8 Å². The maximum absolute atomic E-state index is 17.1. The Kier molecular flexibility index (Phi) is 8.33. The van der Waals surface area contributed by atoms with Gasteiger partial charge in [-0.1, -0.05) is 13.0 Å². The second-order valence-electron chi connectivity index (χ2n) is 13.8. The molecule has 2 unspecified atom stereocenters. The van der Waals surface area contributed by atoms with Gasteiger partial charge in [-0.25, -0.2) is 8.78 Å². The Labute approximate surface area is 276 Å². The number of phenolic OH excluding ortho intramolecular Hbond substituents is 1. The molecule has 3 fully saturated rings. The first-order chi connectivity index (χ1) is 23.0. The molecular weight excluding hydrogens is 624 g/mol. The number of hydrogen-bond acceptors (Lipinski definition) is 10. The number of phenols is 1. The summed E-state index contributed by atoms with van der Waals surface area (Å²) in [4.78, 5) is 22.9. The molecule has 4 aromatic rings. The molecule has 3 aliphatic rings. The number of hydrogen-bond donors (Lipinski definition) is 3. The number of aryl methyl sites for hydroxylation is 1. The summed E-state index contributed by atoms with van der Waals surface area (Å²) in [6.07, 6.45) is 4.13. The number of β-amino-alcohol motifs (C(OH)–C–C–N with tert-alkyl or cyclic N) is 1. The number of nitro groups is 1. The Morgan fingerprint density at radius 3 is 2.71 bits per heavy atom. The number of piperidine rings is 1. The fourth-order valence-electron chi connectivity index (χ4n) is 7.36. The van der Waals surface area contributed by atoms with Crippen LogP contribution in [0.4, 0.5) is 20.3 Å². The highest BCUT2D eigenvalue weighted by molar-refractivity contribution is 6.05. The molecule has 3 aromatic carbocycles. The van der Waals surface area contributed by atoms with Crippen LogP contribution in [0.5, 0.6) is 11.8 Å². The summed E-state index contributed by atoms with van der Waals surface area (Å²) in [5.41, 5.74) is -2.18. The lowest BCUT2D eigenvalue weighted by Crippen LogP contribution is -2.46. The number of nitro benzene ring substituents is 1. The van der Waals surface area contributed by atoms with E-state index in [0.29, 0.717) is 31.4 Å². The Bertz CT molecular complexity index is 1910. The Balaban J connectivity index is 1.40. The van der Waals surface area contributed by atoms with Crippen LogP contribution in [0.3, 0.4) is 0 Å². The molecule has 11 nitrogen and oxygen atoms in total. The van der Waals surface area contributed by atoms with Gasteiger partial charge in [-0.15, -0.1) is 0 Å². The molecule has 1 aromatic heterocycles. The second-order valence-corrected chi connectivity index (χ2v) is 13.8. The molecule has 2 saturated heterocycles. The number of aromatic hydroxyl groups is 1. The number of morpholine rings is 1. The number of ether oxygens (including phenoxy) is 2. The number of aromatic nitrogens is 2. The number of fused-ring (bicyclic) bond motifs is 2. The summed E-state index contributed by atoms with van der Waals surface area (Å²) in [6, 6.07) is 6.49. The van der Waals surface area contributed by atoms with Gasteiger partial charge in [0.2, 0.25) is 0 Å². The van der Waals surface area contributed by atoms with Crippen molar-refractivity contribution in [2.75, 3.05) is 44.3 Å². The van der Waals surface area contributed by atoms with E-state index in [1.807, 2.05) is 0 Å². The SMILES string of the molecule is CCc1c(F)ccc2cc(O)cc(-c3c([N+](=O)[O-])cc4c(N5CCCC(C)(O)C5)nc(OCC5(CC6CNCCO6)CC5)nc4c3F)c12. The quantitative estimate of drug-likeness (QED) is 0.149. The number of aliphatic hydroxyl groups is 1. The minimum Gasteiger partial charge on any atom is -0.508 e. The van der Waals surface area contributed by atoms with Gasteiger partial charge in [0.25, 0.3) is 5.69 Å². The average molecular weight is 664 g/mol. The van der Waals surface area contributed by atoms with Crippen LogP contribution in [0.25, 0.3) is 32.8 Å². The largest absolute Gasteiger partial charge is 0.508 e. The van der Waals surface area contributed by atoms with Gasteiger partial charge in [0.1, 0.15) is 22.9 Å². The average Bonchev–Trinajstić information content (AvgIpc) is 3.82. The molecule has 3 heterocycles. The summed E-state index contributed by atoms with van der Waals surface area (Å²) < 4.78 is 44.3. The number of anilines is 1. The lowest BCUT2D eigenvalue weighted by Gasteiger charge is -2.38. The van der Waals surface area contributed by atoms with E-state index in [4.69, 9.17) is 9.47 Å². The van der Waals surface area contributed by atoms with Crippen molar-refractivity contribution < 1.29 is 33.4 Å². The molecule has 7 rings (SSSR count). The Hall–Kier alpha value is -4.20. The van der Waals surface area contributed by atoms with E-state index >= 15 is 8.78 Å². The third-order valence-corrected chi connectivity index (χ3v) is 9.95. The zero-order valence-electron chi connectivity index (χ0n) is 27.0. The fourth-order valence-corrected chi connectivity index (χ4v) is 7.36. The standard InChI is InChI=1S/C35H39F2N5O6/c1-3-23-26(36)6-5-20-13-21(43)14-24(28(20)23)29-27(42(45)46)15-25-31(30(29)37)39-33(40-32(25)41-11-4-7-34(2,44)18-41)48-19-35(8-9-35)16-22-17-38-10-12-47-22/h5-6,13-15,22,38,43-44H,3-4,7-12,16-19H2,1-2H3. The van der Waals surface area contributed by atoms with E-state index in [-0.39, 0.29) is 76.1 Å². The molecule has 1 aliphatic carbocycles. The lowest BCUT2D eigenvalue weighted by atomic mass is 9.91. The topological polar surface area (TPSA) is 143 Å². The normalized spacial score (nSPS) is 22.3. The molecule has 0 amide bonds. The van der Waals surface area contributed by atoms with E-state index in [1.165, 1.54) is 30.3 Å². The molecule has 0 spiro atoms. The third kappa shape index (κ3) is 6.10. The number of benzene rings is 3. The van der Waals surface area contributed by atoms with Crippen molar-refractivity contribution >= 4 is 33.2 Å². The van der Waals surface area contributed by atoms with Crippen LogP contribution >= 0.6 is 0 Å². The van der Waals surface area contributed by atoms with Gasteiger partial charge in [-0.3, -0.25) is 10.1 Å². The molecule has 3 N–H and O–H groups in total. The van der Waals surface area contributed by atoms with Crippen LogP contribution in [0.2, 0.25) is 0 Å². The molecule has 48 heavy (non-hydrogen) atoms. The van der Waals surface area contributed by atoms with Crippen LogP contribution < -0.4 is 15.0 Å². The first-order valence-corrected chi connectivity index (χ1v) is 16.5.